The molecular formula is C24H26N6O4S. The van der Waals surface area contributed by atoms with Gasteiger partial charge < -0.3 is 20.6 Å². The molecule has 4 aromatic rings. The highest BCUT2D eigenvalue weighted by atomic mass is 32.2. The van der Waals surface area contributed by atoms with Crippen LogP contribution in [0.5, 0.6) is 0 Å². The van der Waals surface area contributed by atoms with Crippen LogP contribution >= 0.6 is 0 Å². The van der Waals surface area contributed by atoms with E-state index in [4.69, 9.17) is 15.3 Å². The third-order valence-corrected chi connectivity index (χ3v) is 7.52. The number of sulfone groups is 1. The van der Waals surface area contributed by atoms with E-state index in [1.807, 2.05) is 24.3 Å². The lowest BCUT2D eigenvalue weighted by Gasteiger charge is -2.09. The fourth-order valence-corrected chi connectivity index (χ4v) is 4.35. The van der Waals surface area contributed by atoms with E-state index >= 15 is 0 Å². The molecule has 0 amide bonds. The van der Waals surface area contributed by atoms with Crippen LogP contribution in [-0.4, -0.2) is 52.1 Å². The van der Waals surface area contributed by atoms with Crippen LogP contribution in [0.4, 0.5) is 5.82 Å². The number of nitrogens with zero attached hydrogens (tertiary/aromatic N) is 4. The Labute approximate surface area is 203 Å². The van der Waals surface area contributed by atoms with Gasteiger partial charge in [0.1, 0.15) is 0 Å². The summed E-state index contributed by atoms with van der Waals surface area (Å²) in [5, 5.41) is 19.7. The summed E-state index contributed by atoms with van der Waals surface area (Å²) in [4.78, 5) is 8.99. The van der Waals surface area contributed by atoms with Gasteiger partial charge in [-0.05, 0) is 43.7 Å². The molecule has 0 fully saturated rings. The van der Waals surface area contributed by atoms with Gasteiger partial charge in [0.2, 0.25) is 5.89 Å². The first-order chi connectivity index (χ1) is 16.8. The number of rotatable bonds is 9. The fourth-order valence-electron chi connectivity index (χ4n) is 3.29. The second kappa shape index (κ2) is 10.3. The Kier molecular flexibility index (Phi) is 7.20. The SMILES string of the molecule is CC(C)S(=O)(=O)c1ccc(-c2cnc(N)c(-c3nnc(-c4ccc(CNCCO)cc4)o3)n2)cc1. The molecule has 0 radical (unpaired) electrons. The summed E-state index contributed by atoms with van der Waals surface area (Å²) < 4.78 is 30.6. The van der Waals surface area contributed by atoms with Gasteiger partial charge in [0.15, 0.2) is 21.3 Å². The molecule has 0 unspecified atom stereocenters. The van der Waals surface area contributed by atoms with Gasteiger partial charge in [-0.25, -0.2) is 18.4 Å². The van der Waals surface area contributed by atoms with Crippen molar-refractivity contribution in [2.24, 2.45) is 0 Å². The largest absolute Gasteiger partial charge is 0.414 e. The minimum Gasteiger partial charge on any atom is -0.414 e. The number of nitrogens with two attached hydrogens (primary N) is 1. The topological polar surface area (TPSA) is 157 Å². The van der Waals surface area contributed by atoms with Gasteiger partial charge in [0.05, 0.1) is 28.6 Å². The molecule has 2 aromatic carbocycles. The van der Waals surface area contributed by atoms with Crippen molar-refractivity contribution >= 4 is 15.7 Å². The van der Waals surface area contributed by atoms with E-state index in [-0.39, 0.29) is 28.9 Å². The van der Waals surface area contributed by atoms with E-state index in [9.17, 15) is 8.42 Å². The fraction of sp³-hybridized carbons (Fsp3) is 0.250. The Morgan fingerprint density at radius 2 is 1.66 bits per heavy atom. The summed E-state index contributed by atoms with van der Waals surface area (Å²) in [5.41, 5.74) is 9.22. The van der Waals surface area contributed by atoms with Crippen LogP contribution in [0.2, 0.25) is 0 Å². The lowest BCUT2D eigenvalue weighted by atomic mass is 10.1. The summed E-state index contributed by atoms with van der Waals surface area (Å²) in [6, 6.07) is 14.1. The number of aliphatic hydroxyl groups excluding tert-OH is 1. The summed E-state index contributed by atoms with van der Waals surface area (Å²) in [5.74, 6) is 0.567. The summed E-state index contributed by atoms with van der Waals surface area (Å²) >= 11 is 0. The highest BCUT2D eigenvalue weighted by Crippen LogP contribution is 2.28. The third kappa shape index (κ3) is 5.37. The van der Waals surface area contributed by atoms with Crippen LogP contribution in [0.15, 0.2) is 64.0 Å². The van der Waals surface area contributed by atoms with E-state index in [0.29, 0.717) is 30.2 Å². The van der Waals surface area contributed by atoms with Gasteiger partial charge in [-0.3, -0.25) is 0 Å². The Morgan fingerprint density at radius 1 is 1.00 bits per heavy atom. The number of benzene rings is 2. The molecule has 182 valence electrons. The van der Waals surface area contributed by atoms with Crippen LogP contribution in [0, 0.1) is 0 Å². The standard InChI is InChI=1S/C24H26N6O4S/c1-15(2)35(32,33)19-9-7-17(8-10-19)20-14-27-22(25)21(28-20)24-30-29-23(34-24)18-5-3-16(4-6-18)13-26-11-12-31/h3-10,14-15,26,31H,11-13H2,1-2H3,(H2,25,27). The van der Waals surface area contributed by atoms with Crippen molar-refractivity contribution in [2.45, 2.75) is 30.5 Å². The van der Waals surface area contributed by atoms with E-state index in [0.717, 1.165) is 11.1 Å². The maximum Gasteiger partial charge on any atom is 0.270 e. The third-order valence-electron chi connectivity index (χ3n) is 5.35. The van der Waals surface area contributed by atoms with Crippen LogP contribution in [-0.2, 0) is 16.4 Å². The van der Waals surface area contributed by atoms with Gasteiger partial charge in [-0.15, -0.1) is 10.2 Å². The van der Waals surface area contributed by atoms with Crippen LogP contribution in [0.3, 0.4) is 0 Å². The first kappa shape index (κ1) is 24.5. The predicted molar refractivity (Wildman–Crippen MR) is 132 cm³/mol. The van der Waals surface area contributed by atoms with E-state index in [1.165, 1.54) is 6.20 Å². The van der Waals surface area contributed by atoms with Crippen molar-refractivity contribution < 1.29 is 17.9 Å². The van der Waals surface area contributed by atoms with Crippen molar-refractivity contribution in [3.8, 4) is 34.3 Å². The maximum atomic E-state index is 12.4. The van der Waals surface area contributed by atoms with Crippen molar-refractivity contribution in [3.05, 3.63) is 60.3 Å². The molecular weight excluding hydrogens is 468 g/mol. The number of aromatic nitrogens is 4. The van der Waals surface area contributed by atoms with Crippen molar-refractivity contribution in [1.82, 2.24) is 25.5 Å². The van der Waals surface area contributed by atoms with E-state index in [1.54, 1.807) is 38.1 Å². The molecule has 0 bridgehead atoms. The molecule has 11 heteroatoms. The molecule has 0 saturated carbocycles. The van der Waals surface area contributed by atoms with Gasteiger partial charge in [-0.2, -0.15) is 0 Å². The van der Waals surface area contributed by atoms with Crippen LogP contribution in [0.25, 0.3) is 34.3 Å². The quantitative estimate of drug-likeness (QED) is 0.295. The van der Waals surface area contributed by atoms with Crippen LogP contribution in [0.1, 0.15) is 19.4 Å². The van der Waals surface area contributed by atoms with Crippen molar-refractivity contribution in [1.29, 1.82) is 0 Å². The average Bonchev–Trinajstić information content (AvgIpc) is 3.35. The number of nitrogens with one attached hydrogen (secondary N) is 1. The number of hydrogen-bond donors (Lipinski definition) is 3. The second-order valence-electron chi connectivity index (χ2n) is 8.12. The molecule has 0 aliphatic rings. The van der Waals surface area contributed by atoms with Crippen molar-refractivity contribution in [2.75, 3.05) is 18.9 Å². The smallest absolute Gasteiger partial charge is 0.270 e. The first-order valence-electron chi connectivity index (χ1n) is 11.0. The zero-order chi connectivity index (χ0) is 25.0. The van der Waals surface area contributed by atoms with Gasteiger partial charge in [-0.1, -0.05) is 24.3 Å². The molecule has 10 nitrogen and oxygen atoms in total. The van der Waals surface area contributed by atoms with Crippen molar-refractivity contribution in [3.63, 3.8) is 0 Å². The molecule has 2 heterocycles. The Balaban J connectivity index is 1.57. The van der Waals surface area contributed by atoms with Crippen LogP contribution < -0.4 is 11.1 Å². The summed E-state index contributed by atoms with van der Waals surface area (Å²) in [6.45, 7) is 4.53. The average molecular weight is 495 g/mol. The minimum atomic E-state index is -3.37. The molecule has 4 rings (SSSR count). The van der Waals surface area contributed by atoms with Gasteiger partial charge in [0, 0.05) is 24.2 Å². The van der Waals surface area contributed by atoms with E-state index < -0.39 is 15.1 Å². The number of anilines is 1. The normalized spacial score (nSPS) is 11.8. The second-order valence-corrected chi connectivity index (χ2v) is 10.6. The van der Waals surface area contributed by atoms with Gasteiger partial charge in [0.25, 0.3) is 5.89 Å². The molecule has 0 saturated heterocycles. The first-order valence-corrected chi connectivity index (χ1v) is 12.6. The predicted octanol–water partition coefficient (Wildman–Crippen LogP) is 2.71. The minimum absolute atomic E-state index is 0.0847. The summed E-state index contributed by atoms with van der Waals surface area (Å²) in [6.07, 6.45) is 1.51. The maximum absolute atomic E-state index is 12.4. The molecule has 35 heavy (non-hydrogen) atoms. The molecule has 4 N–H and O–H groups in total. The Morgan fingerprint density at radius 3 is 2.31 bits per heavy atom. The Hall–Kier alpha value is -3.67. The molecule has 0 atom stereocenters. The number of hydrogen-bond acceptors (Lipinski definition) is 10. The lowest BCUT2D eigenvalue weighted by molar-refractivity contribution is 0.292. The molecule has 0 spiro atoms. The summed E-state index contributed by atoms with van der Waals surface area (Å²) in [7, 11) is -3.37. The molecule has 0 aliphatic heterocycles. The van der Waals surface area contributed by atoms with E-state index in [2.05, 4.69) is 25.5 Å². The zero-order valence-corrected chi connectivity index (χ0v) is 20.2. The number of nitrogen functional groups attached to an aromatic ring is 1. The lowest BCUT2D eigenvalue weighted by Crippen LogP contribution is -2.17. The molecule has 2 aromatic heterocycles. The highest BCUT2D eigenvalue weighted by Gasteiger charge is 2.20. The van der Waals surface area contributed by atoms with Gasteiger partial charge >= 0.3 is 0 Å². The highest BCUT2D eigenvalue weighted by molar-refractivity contribution is 7.92. The zero-order valence-electron chi connectivity index (χ0n) is 19.3. The number of aliphatic hydroxyl groups is 1. The Bertz CT molecular complexity index is 1400. The molecule has 0 aliphatic carbocycles. The monoisotopic (exact) mass is 494 g/mol.